The molecule has 70 valence electrons. The van der Waals surface area contributed by atoms with Gasteiger partial charge in [-0.25, -0.2) is 13.4 Å². The first-order chi connectivity index (χ1) is 6.09. The van der Waals surface area contributed by atoms with Crippen molar-refractivity contribution >= 4 is 9.84 Å². The Balaban J connectivity index is 2.68. The van der Waals surface area contributed by atoms with E-state index in [1.54, 1.807) is 0 Å². The topological polar surface area (TPSA) is 47.0 Å². The van der Waals surface area contributed by atoms with Gasteiger partial charge in [0, 0.05) is 5.69 Å². The maximum atomic E-state index is 11.6. The summed E-state index contributed by atoms with van der Waals surface area (Å²) in [6, 6.07) is 3.73. The number of sulfone groups is 1. The van der Waals surface area contributed by atoms with E-state index in [9.17, 15) is 8.42 Å². The number of rotatable bonds is 0. The van der Waals surface area contributed by atoms with Crippen molar-refractivity contribution in [2.75, 3.05) is 5.75 Å². The summed E-state index contributed by atoms with van der Waals surface area (Å²) in [6.45, 7) is 1.81. The highest BCUT2D eigenvalue weighted by molar-refractivity contribution is 7.91. The largest absolute Gasteiger partial charge is 0.241 e. The third-order valence-electron chi connectivity index (χ3n) is 2.23. The van der Waals surface area contributed by atoms with Gasteiger partial charge in [0.05, 0.1) is 5.75 Å². The van der Waals surface area contributed by atoms with Crippen LogP contribution in [0.2, 0.25) is 0 Å². The molecule has 1 aromatic rings. The number of hydrogen-bond donors (Lipinski definition) is 0. The number of nitrogens with zero attached hydrogens (tertiary/aromatic N) is 1. The Morgan fingerprint density at radius 1 is 1.38 bits per heavy atom. The molecule has 0 N–H and O–H groups in total. The first kappa shape index (κ1) is 8.69. The molecule has 13 heavy (non-hydrogen) atoms. The van der Waals surface area contributed by atoms with Crippen LogP contribution in [0.5, 0.6) is 0 Å². The molecule has 3 nitrogen and oxygen atoms in total. The van der Waals surface area contributed by atoms with E-state index in [2.05, 4.69) is 4.98 Å². The van der Waals surface area contributed by atoms with Crippen LogP contribution in [0.1, 0.15) is 17.7 Å². The molecule has 0 atom stereocenters. The van der Waals surface area contributed by atoms with Crippen molar-refractivity contribution in [3.8, 4) is 0 Å². The van der Waals surface area contributed by atoms with Crippen molar-refractivity contribution in [1.82, 2.24) is 4.98 Å². The Morgan fingerprint density at radius 3 is 2.92 bits per heavy atom. The van der Waals surface area contributed by atoms with Crippen LogP contribution < -0.4 is 0 Å². The van der Waals surface area contributed by atoms with Crippen molar-refractivity contribution in [1.29, 1.82) is 0 Å². The molecule has 0 aliphatic carbocycles. The van der Waals surface area contributed by atoms with Crippen molar-refractivity contribution in [3.63, 3.8) is 0 Å². The Morgan fingerprint density at radius 2 is 2.15 bits per heavy atom. The number of aryl methyl sites for hydroxylation is 2. The van der Waals surface area contributed by atoms with E-state index in [4.69, 9.17) is 0 Å². The summed E-state index contributed by atoms with van der Waals surface area (Å²) >= 11 is 0. The summed E-state index contributed by atoms with van der Waals surface area (Å²) in [5.41, 5.74) is 1.64. The average molecular weight is 197 g/mol. The molecule has 0 aromatic carbocycles. The zero-order valence-electron chi connectivity index (χ0n) is 7.45. The quantitative estimate of drug-likeness (QED) is 0.626. The predicted octanol–water partition coefficient (Wildman–Crippen LogP) is 1.11. The zero-order chi connectivity index (χ0) is 9.47. The Labute approximate surface area is 77.7 Å². The summed E-state index contributed by atoms with van der Waals surface area (Å²) in [7, 11) is -3.08. The zero-order valence-corrected chi connectivity index (χ0v) is 8.26. The molecular weight excluding hydrogens is 186 g/mol. The molecule has 1 aromatic heterocycles. The van der Waals surface area contributed by atoms with E-state index in [0.29, 0.717) is 5.03 Å². The molecule has 0 bridgehead atoms. The Bertz CT molecular complexity index is 437. The minimum absolute atomic E-state index is 0.246. The van der Waals surface area contributed by atoms with Crippen LogP contribution in [0.3, 0.4) is 0 Å². The molecule has 4 heteroatoms. The standard InChI is InChI=1S/C9H11NO2S/c1-7-4-5-8-3-2-6-13(11,12)9(8)10-7/h4-5H,2-3,6H2,1H3. The average Bonchev–Trinajstić information content (AvgIpc) is 2.06. The molecule has 1 aliphatic rings. The molecule has 0 saturated carbocycles. The SMILES string of the molecule is Cc1ccc2c(n1)S(=O)(=O)CCC2. The van der Waals surface area contributed by atoms with Gasteiger partial charge in [-0.1, -0.05) is 6.07 Å². The number of hydrogen-bond acceptors (Lipinski definition) is 3. The molecule has 0 spiro atoms. The van der Waals surface area contributed by atoms with Crippen molar-refractivity contribution in [2.45, 2.75) is 24.8 Å². The maximum absolute atomic E-state index is 11.6. The first-order valence-electron chi connectivity index (χ1n) is 4.29. The molecule has 0 radical (unpaired) electrons. The minimum Gasteiger partial charge on any atom is -0.241 e. The van der Waals surface area contributed by atoms with Crippen molar-refractivity contribution in [3.05, 3.63) is 23.4 Å². The second-order valence-corrected chi connectivity index (χ2v) is 5.36. The molecule has 0 unspecified atom stereocenters. The van der Waals surface area contributed by atoms with Gasteiger partial charge in [0.2, 0.25) is 0 Å². The van der Waals surface area contributed by atoms with Crippen LogP contribution in [0.4, 0.5) is 0 Å². The van der Waals surface area contributed by atoms with Gasteiger partial charge in [-0.3, -0.25) is 0 Å². The second kappa shape index (κ2) is 2.80. The lowest BCUT2D eigenvalue weighted by Gasteiger charge is -2.14. The van der Waals surface area contributed by atoms with E-state index in [-0.39, 0.29) is 5.75 Å². The molecule has 0 saturated heterocycles. The van der Waals surface area contributed by atoms with Crippen LogP contribution in [0, 0.1) is 6.92 Å². The van der Waals surface area contributed by atoms with Gasteiger partial charge in [0.25, 0.3) is 0 Å². The smallest absolute Gasteiger partial charge is 0.195 e. The van der Waals surface area contributed by atoms with Gasteiger partial charge in [-0.15, -0.1) is 0 Å². The van der Waals surface area contributed by atoms with Crippen molar-refractivity contribution in [2.24, 2.45) is 0 Å². The molecule has 2 heterocycles. The lowest BCUT2D eigenvalue weighted by molar-refractivity contribution is 0.580. The van der Waals surface area contributed by atoms with E-state index < -0.39 is 9.84 Å². The number of aromatic nitrogens is 1. The molecule has 2 rings (SSSR count). The summed E-state index contributed by atoms with van der Waals surface area (Å²) in [6.07, 6.45) is 1.56. The maximum Gasteiger partial charge on any atom is 0.195 e. The summed E-state index contributed by atoms with van der Waals surface area (Å²) in [5.74, 6) is 0.246. The highest BCUT2D eigenvalue weighted by Gasteiger charge is 2.24. The van der Waals surface area contributed by atoms with Gasteiger partial charge in [-0.2, -0.15) is 0 Å². The Kier molecular flexibility index (Phi) is 1.87. The third-order valence-corrected chi connectivity index (χ3v) is 4.00. The normalized spacial score (nSPS) is 19.5. The molecule has 1 aliphatic heterocycles. The van der Waals surface area contributed by atoms with E-state index in [1.165, 1.54) is 0 Å². The monoisotopic (exact) mass is 197 g/mol. The van der Waals surface area contributed by atoms with Gasteiger partial charge >= 0.3 is 0 Å². The summed E-state index contributed by atoms with van der Waals surface area (Å²) in [4.78, 5) is 4.08. The highest BCUT2D eigenvalue weighted by Crippen LogP contribution is 2.22. The van der Waals surface area contributed by atoms with E-state index in [0.717, 1.165) is 24.1 Å². The Hall–Kier alpha value is -0.900. The van der Waals surface area contributed by atoms with Gasteiger partial charge in [0.15, 0.2) is 14.9 Å². The summed E-state index contributed by atoms with van der Waals surface area (Å²) in [5, 5.41) is 0.304. The third kappa shape index (κ3) is 1.46. The van der Waals surface area contributed by atoms with E-state index >= 15 is 0 Å². The molecular formula is C9H11NO2S. The van der Waals surface area contributed by atoms with Gasteiger partial charge in [0.1, 0.15) is 0 Å². The minimum atomic E-state index is -3.08. The fourth-order valence-electron chi connectivity index (χ4n) is 1.57. The van der Waals surface area contributed by atoms with Crippen LogP contribution in [-0.2, 0) is 16.3 Å². The fourth-order valence-corrected chi connectivity index (χ4v) is 3.14. The van der Waals surface area contributed by atoms with Gasteiger partial charge in [-0.05, 0) is 31.4 Å². The highest BCUT2D eigenvalue weighted by atomic mass is 32.2. The van der Waals surface area contributed by atoms with Gasteiger partial charge < -0.3 is 0 Å². The number of pyridine rings is 1. The lowest BCUT2D eigenvalue weighted by atomic mass is 10.1. The molecule has 0 amide bonds. The van der Waals surface area contributed by atoms with Crippen LogP contribution in [0.25, 0.3) is 0 Å². The first-order valence-corrected chi connectivity index (χ1v) is 5.94. The fraction of sp³-hybridized carbons (Fsp3) is 0.444. The van der Waals surface area contributed by atoms with Crippen LogP contribution in [0.15, 0.2) is 17.2 Å². The molecule has 0 fully saturated rings. The van der Waals surface area contributed by atoms with E-state index in [1.807, 2.05) is 19.1 Å². The number of fused-ring (bicyclic) bond motifs is 1. The lowest BCUT2D eigenvalue weighted by Crippen LogP contribution is -2.18. The summed E-state index contributed by atoms with van der Waals surface area (Å²) < 4.78 is 23.1. The van der Waals surface area contributed by atoms with Crippen LogP contribution in [-0.4, -0.2) is 19.2 Å². The second-order valence-electron chi connectivity index (χ2n) is 3.34. The van der Waals surface area contributed by atoms with Crippen molar-refractivity contribution < 1.29 is 8.42 Å². The van der Waals surface area contributed by atoms with Crippen LogP contribution >= 0.6 is 0 Å². The predicted molar refractivity (Wildman–Crippen MR) is 49.3 cm³/mol.